The summed E-state index contributed by atoms with van der Waals surface area (Å²) in [6, 6.07) is 12.9. The number of aromatic nitrogens is 3. The van der Waals surface area contributed by atoms with Gasteiger partial charge in [-0.25, -0.2) is 8.97 Å². The first-order valence-electron chi connectivity index (χ1n) is 7.09. The Labute approximate surface area is 117 Å². The summed E-state index contributed by atoms with van der Waals surface area (Å²) in [4.78, 5) is 0. The van der Waals surface area contributed by atoms with Crippen molar-refractivity contribution in [3.05, 3.63) is 71.9 Å². The van der Waals surface area contributed by atoms with Gasteiger partial charge in [-0.1, -0.05) is 12.1 Å². The number of nitrogens with zero attached hydrogens (tertiary/aromatic N) is 3. The number of allylic oxidation sites excluding steroid dienone is 1. The molecule has 0 bridgehead atoms. The lowest BCUT2D eigenvalue weighted by Gasteiger charge is -2.15. The second-order valence-electron chi connectivity index (χ2n) is 5.67. The Bertz CT molecular complexity index is 873. The zero-order valence-electron chi connectivity index (χ0n) is 11.1. The Morgan fingerprint density at radius 2 is 1.95 bits per heavy atom. The fourth-order valence-electron chi connectivity index (χ4n) is 3.63. The van der Waals surface area contributed by atoms with Gasteiger partial charge in [-0.05, 0) is 6.07 Å². The molecular weight excluding hydrogens is 246 g/mol. The van der Waals surface area contributed by atoms with Gasteiger partial charge in [0.15, 0.2) is 18.1 Å². The SMILES string of the molecule is C1=C2Cn3c(c[n+]4ccccc34)CC2c2cccc[n+]21. The second kappa shape index (κ2) is 3.57. The first kappa shape index (κ1) is 10.4. The number of imidazole rings is 1. The zero-order valence-corrected chi connectivity index (χ0v) is 11.1. The van der Waals surface area contributed by atoms with Gasteiger partial charge in [0, 0.05) is 30.2 Å². The number of rotatable bonds is 0. The van der Waals surface area contributed by atoms with E-state index in [4.69, 9.17) is 0 Å². The van der Waals surface area contributed by atoms with E-state index in [9.17, 15) is 0 Å². The van der Waals surface area contributed by atoms with E-state index in [2.05, 4.69) is 74.7 Å². The van der Waals surface area contributed by atoms with Crippen LogP contribution in [0.3, 0.4) is 0 Å². The predicted octanol–water partition coefficient (Wildman–Crippen LogP) is 1.71. The topological polar surface area (TPSA) is 12.9 Å². The van der Waals surface area contributed by atoms with Crippen molar-refractivity contribution < 1.29 is 8.97 Å². The van der Waals surface area contributed by atoms with Crippen LogP contribution >= 0.6 is 0 Å². The first-order valence-corrected chi connectivity index (χ1v) is 7.09. The molecule has 0 amide bonds. The van der Waals surface area contributed by atoms with E-state index >= 15 is 0 Å². The highest BCUT2D eigenvalue weighted by atomic mass is 15.1. The quantitative estimate of drug-likeness (QED) is 0.547. The average molecular weight is 261 g/mol. The van der Waals surface area contributed by atoms with Gasteiger partial charge in [-0.15, -0.1) is 0 Å². The summed E-state index contributed by atoms with van der Waals surface area (Å²) in [5.41, 5.74) is 5.65. The minimum Gasteiger partial charge on any atom is -0.223 e. The van der Waals surface area contributed by atoms with E-state index in [1.54, 1.807) is 0 Å². The van der Waals surface area contributed by atoms with Crippen molar-refractivity contribution >= 4 is 11.8 Å². The molecule has 5 heterocycles. The van der Waals surface area contributed by atoms with Crippen LogP contribution in [0.2, 0.25) is 0 Å². The van der Waals surface area contributed by atoms with E-state index in [0.29, 0.717) is 5.92 Å². The molecule has 1 atom stereocenters. The molecule has 3 nitrogen and oxygen atoms in total. The summed E-state index contributed by atoms with van der Waals surface area (Å²) < 4.78 is 6.95. The van der Waals surface area contributed by atoms with Crippen molar-refractivity contribution in [2.75, 3.05) is 0 Å². The molecule has 0 saturated carbocycles. The molecule has 0 saturated heterocycles. The maximum atomic E-state index is 2.44. The minimum absolute atomic E-state index is 0.550. The van der Waals surface area contributed by atoms with Crippen LogP contribution in [0, 0.1) is 0 Å². The van der Waals surface area contributed by atoms with Crippen LogP contribution in [0.4, 0.5) is 0 Å². The Balaban J connectivity index is 1.71. The summed E-state index contributed by atoms with van der Waals surface area (Å²) in [7, 11) is 0. The lowest BCUT2D eigenvalue weighted by Crippen LogP contribution is -2.28. The summed E-state index contributed by atoms with van der Waals surface area (Å²) in [5, 5.41) is 0. The van der Waals surface area contributed by atoms with Gasteiger partial charge in [-0.2, -0.15) is 4.57 Å². The Hall–Kier alpha value is -2.42. The number of pyridine rings is 2. The zero-order chi connectivity index (χ0) is 13.1. The Morgan fingerprint density at radius 1 is 1.05 bits per heavy atom. The van der Waals surface area contributed by atoms with Crippen molar-refractivity contribution in [1.29, 1.82) is 0 Å². The van der Waals surface area contributed by atoms with Gasteiger partial charge in [0.05, 0.1) is 12.1 Å². The molecule has 0 N–H and O–H groups in total. The van der Waals surface area contributed by atoms with Crippen LogP contribution < -0.4 is 8.97 Å². The molecule has 2 aliphatic heterocycles. The van der Waals surface area contributed by atoms with Crippen LogP contribution in [-0.4, -0.2) is 4.57 Å². The highest BCUT2D eigenvalue weighted by Gasteiger charge is 2.40. The number of hydrogen-bond acceptors (Lipinski definition) is 0. The van der Waals surface area contributed by atoms with Crippen molar-refractivity contribution in [3.8, 4) is 0 Å². The van der Waals surface area contributed by atoms with Crippen molar-refractivity contribution in [2.24, 2.45) is 0 Å². The normalized spacial score (nSPS) is 19.4. The third kappa shape index (κ3) is 1.24. The van der Waals surface area contributed by atoms with E-state index in [1.165, 1.54) is 22.6 Å². The standard InChI is InChI=1S/C17H15N3/c1-3-7-18-10-13-11-20-14(9-15(13)16(18)5-1)12-19-8-4-2-6-17(19)20/h1-8,10,12,15H,9,11H2/q+2. The van der Waals surface area contributed by atoms with Gasteiger partial charge in [0.2, 0.25) is 0 Å². The van der Waals surface area contributed by atoms with Crippen molar-refractivity contribution in [1.82, 2.24) is 4.57 Å². The maximum Gasteiger partial charge on any atom is 0.286 e. The molecule has 0 radical (unpaired) electrons. The predicted molar refractivity (Wildman–Crippen MR) is 74.9 cm³/mol. The van der Waals surface area contributed by atoms with Gasteiger partial charge in [0.25, 0.3) is 5.65 Å². The van der Waals surface area contributed by atoms with Gasteiger partial charge >= 0.3 is 0 Å². The first-order chi connectivity index (χ1) is 9.90. The number of hydrogen-bond donors (Lipinski definition) is 0. The molecule has 0 spiro atoms. The van der Waals surface area contributed by atoms with E-state index in [0.717, 1.165) is 13.0 Å². The summed E-state index contributed by atoms with van der Waals surface area (Å²) in [6.45, 7) is 1.00. The molecule has 3 aromatic heterocycles. The molecule has 20 heavy (non-hydrogen) atoms. The molecule has 0 aromatic carbocycles. The minimum atomic E-state index is 0.550. The smallest absolute Gasteiger partial charge is 0.223 e. The fraction of sp³-hybridized carbons (Fsp3) is 0.176. The fourth-order valence-corrected chi connectivity index (χ4v) is 3.63. The van der Waals surface area contributed by atoms with Crippen LogP contribution in [0.5, 0.6) is 0 Å². The molecule has 96 valence electrons. The van der Waals surface area contributed by atoms with Gasteiger partial charge in [-0.3, -0.25) is 0 Å². The third-order valence-corrected chi connectivity index (χ3v) is 4.57. The monoisotopic (exact) mass is 261 g/mol. The second-order valence-corrected chi connectivity index (χ2v) is 5.67. The largest absolute Gasteiger partial charge is 0.286 e. The molecular formula is C17H15N3+2. The summed E-state index contributed by atoms with van der Waals surface area (Å²) in [5.74, 6) is 0.550. The lowest BCUT2D eigenvalue weighted by molar-refractivity contribution is -0.573. The van der Waals surface area contributed by atoms with Crippen LogP contribution in [0.15, 0.2) is 60.6 Å². The van der Waals surface area contributed by atoms with Gasteiger partial charge in [0.1, 0.15) is 18.4 Å². The highest BCUT2D eigenvalue weighted by Crippen LogP contribution is 2.35. The molecule has 3 heteroatoms. The average Bonchev–Trinajstić information content (AvgIpc) is 3.02. The number of fused-ring (bicyclic) bond motifs is 6. The highest BCUT2D eigenvalue weighted by molar-refractivity contribution is 5.43. The van der Waals surface area contributed by atoms with Crippen LogP contribution in [-0.2, 0) is 13.0 Å². The molecule has 1 unspecified atom stereocenters. The summed E-state index contributed by atoms with van der Waals surface area (Å²) in [6.07, 6.45) is 9.97. The third-order valence-electron chi connectivity index (χ3n) is 4.57. The molecule has 5 rings (SSSR count). The molecule has 0 fully saturated rings. The lowest BCUT2D eigenvalue weighted by atomic mass is 9.90. The van der Waals surface area contributed by atoms with E-state index < -0.39 is 0 Å². The van der Waals surface area contributed by atoms with Gasteiger partial charge < -0.3 is 0 Å². The van der Waals surface area contributed by atoms with E-state index in [1.807, 2.05) is 0 Å². The van der Waals surface area contributed by atoms with Crippen LogP contribution in [0.25, 0.3) is 11.8 Å². The Morgan fingerprint density at radius 3 is 2.95 bits per heavy atom. The van der Waals surface area contributed by atoms with E-state index in [-0.39, 0.29) is 0 Å². The van der Waals surface area contributed by atoms with Crippen LogP contribution in [0.1, 0.15) is 17.3 Å². The molecule has 2 aliphatic rings. The molecule has 3 aromatic rings. The van der Waals surface area contributed by atoms with Crippen molar-refractivity contribution in [2.45, 2.75) is 18.9 Å². The maximum absolute atomic E-state index is 2.44. The molecule has 0 aliphatic carbocycles. The van der Waals surface area contributed by atoms with Crippen molar-refractivity contribution in [3.63, 3.8) is 0 Å². The Kier molecular flexibility index (Phi) is 1.85. The summed E-state index contributed by atoms with van der Waals surface area (Å²) >= 11 is 0.